The van der Waals surface area contributed by atoms with Gasteiger partial charge in [-0.3, -0.25) is 4.68 Å². The number of unbranched alkanes of at least 4 members (excludes halogenated alkanes) is 3. The highest BCUT2D eigenvalue weighted by molar-refractivity contribution is 5.11. The van der Waals surface area contributed by atoms with Crippen LogP contribution in [0, 0.1) is 0 Å². The predicted molar refractivity (Wildman–Crippen MR) is 60.9 cm³/mol. The summed E-state index contributed by atoms with van der Waals surface area (Å²) in [6.07, 6.45) is 8.71. The molecule has 1 aromatic rings. The van der Waals surface area contributed by atoms with Crippen molar-refractivity contribution in [2.75, 3.05) is 13.2 Å². The van der Waals surface area contributed by atoms with Crippen LogP contribution in [0.25, 0.3) is 0 Å². The number of aromatic nitrogens is 2. The molecule has 0 amide bonds. The van der Waals surface area contributed by atoms with E-state index in [-0.39, 0.29) is 0 Å². The Balaban J connectivity index is 2.20. The van der Waals surface area contributed by atoms with Crippen LogP contribution < -0.4 is 10.5 Å². The molecule has 0 saturated carbocycles. The summed E-state index contributed by atoms with van der Waals surface area (Å²) >= 11 is 0. The normalized spacial score (nSPS) is 10.5. The number of aryl methyl sites for hydroxylation is 1. The van der Waals surface area contributed by atoms with Gasteiger partial charge in [-0.1, -0.05) is 26.2 Å². The maximum Gasteiger partial charge on any atom is 0.157 e. The Labute approximate surface area is 91.4 Å². The third-order valence-electron chi connectivity index (χ3n) is 2.24. The lowest BCUT2D eigenvalue weighted by Gasteiger charge is -2.01. The van der Waals surface area contributed by atoms with Crippen LogP contribution in [0.1, 0.15) is 32.6 Å². The highest BCUT2D eigenvalue weighted by atomic mass is 16.5. The van der Waals surface area contributed by atoms with Crippen LogP contribution in [-0.2, 0) is 6.54 Å². The zero-order valence-electron chi connectivity index (χ0n) is 9.48. The Kier molecular flexibility index (Phi) is 5.85. The number of nitrogens with zero attached hydrogens (tertiary/aromatic N) is 2. The quantitative estimate of drug-likeness (QED) is 0.667. The molecule has 0 fully saturated rings. The predicted octanol–water partition coefficient (Wildman–Crippen LogP) is 1.80. The highest BCUT2D eigenvalue weighted by Crippen LogP contribution is 2.09. The number of hydrogen-bond acceptors (Lipinski definition) is 3. The van der Waals surface area contributed by atoms with Crippen molar-refractivity contribution in [3.8, 4) is 5.75 Å². The summed E-state index contributed by atoms with van der Waals surface area (Å²) < 4.78 is 7.29. The summed E-state index contributed by atoms with van der Waals surface area (Å²) in [5.41, 5.74) is 5.34. The van der Waals surface area contributed by atoms with E-state index in [1.165, 1.54) is 25.7 Å². The molecule has 15 heavy (non-hydrogen) atoms. The van der Waals surface area contributed by atoms with E-state index in [0.717, 1.165) is 12.3 Å². The average Bonchev–Trinajstić information content (AvgIpc) is 2.69. The molecule has 0 radical (unpaired) electrons. The van der Waals surface area contributed by atoms with Gasteiger partial charge in [-0.15, -0.1) is 0 Å². The van der Waals surface area contributed by atoms with Crippen molar-refractivity contribution >= 4 is 0 Å². The van der Waals surface area contributed by atoms with Gasteiger partial charge in [0.1, 0.15) is 6.61 Å². The molecule has 0 aromatic carbocycles. The van der Waals surface area contributed by atoms with Gasteiger partial charge in [-0.25, -0.2) is 0 Å². The van der Waals surface area contributed by atoms with Crippen molar-refractivity contribution in [1.29, 1.82) is 0 Å². The molecule has 0 atom stereocenters. The first kappa shape index (κ1) is 12.0. The first-order valence-corrected chi connectivity index (χ1v) is 5.72. The summed E-state index contributed by atoms with van der Waals surface area (Å²) in [6.45, 7) is 4.29. The van der Waals surface area contributed by atoms with E-state index < -0.39 is 0 Å². The molecule has 4 nitrogen and oxygen atoms in total. The Morgan fingerprint density at radius 1 is 1.40 bits per heavy atom. The molecule has 4 heteroatoms. The second kappa shape index (κ2) is 7.29. The molecule has 2 N–H and O–H groups in total. The maximum atomic E-state index is 5.35. The highest BCUT2D eigenvalue weighted by Gasteiger charge is 1.98. The molecular formula is C11H21N3O. The zero-order chi connectivity index (χ0) is 10.9. The molecule has 86 valence electrons. The van der Waals surface area contributed by atoms with Gasteiger partial charge in [0.05, 0.1) is 12.4 Å². The van der Waals surface area contributed by atoms with Crippen molar-refractivity contribution < 1.29 is 4.74 Å². The lowest BCUT2D eigenvalue weighted by Crippen LogP contribution is -2.10. The maximum absolute atomic E-state index is 5.35. The molecular weight excluding hydrogens is 190 g/mol. The molecule has 0 spiro atoms. The second-order valence-corrected chi connectivity index (χ2v) is 3.64. The van der Waals surface area contributed by atoms with Gasteiger partial charge in [-0.2, -0.15) is 5.10 Å². The number of nitrogens with two attached hydrogens (primary N) is 1. The third kappa shape index (κ3) is 4.83. The van der Waals surface area contributed by atoms with Crippen LogP contribution in [-0.4, -0.2) is 22.9 Å². The first-order chi connectivity index (χ1) is 7.36. The molecule has 1 aromatic heterocycles. The Hall–Kier alpha value is -1.03. The van der Waals surface area contributed by atoms with Gasteiger partial charge < -0.3 is 10.5 Å². The van der Waals surface area contributed by atoms with Crippen LogP contribution in [0.3, 0.4) is 0 Å². The van der Waals surface area contributed by atoms with Crippen molar-refractivity contribution in [3.05, 3.63) is 12.4 Å². The van der Waals surface area contributed by atoms with Gasteiger partial charge in [0, 0.05) is 13.1 Å². The lowest BCUT2D eigenvalue weighted by molar-refractivity contribution is 0.327. The average molecular weight is 211 g/mol. The molecule has 0 aliphatic rings. The summed E-state index contributed by atoms with van der Waals surface area (Å²) in [4.78, 5) is 0. The molecule has 1 rings (SSSR count). The first-order valence-electron chi connectivity index (χ1n) is 5.72. The number of rotatable bonds is 8. The van der Waals surface area contributed by atoms with Crippen molar-refractivity contribution in [3.63, 3.8) is 0 Å². The van der Waals surface area contributed by atoms with E-state index in [1.807, 2.05) is 10.9 Å². The fraction of sp³-hybridized carbons (Fsp3) is 0.727. The van der Waals surface area contributed by atoms with Crippen molar-refractivity contribution in [2.24, 2.45) is 5.73 Å². The molecule has 1 heterocycles. The van der Waals surface area contributed by atoms with Gasteiger partial charge >= 0.3 is 0 Å². The van der Waals surface area contributed by atoms with Gasteiger partial charge in [0.2, 0.25) is 0 Å². The van der Waals surface area contributed by atoms with Crippen LogP contribution >= 0.6 is 0 Å². The van der Waals surface area contributed by atoms with Crippen LogP contribution in [0.5, 0.6) is 5.75 Å². The summed E-state index contributed by atoms with van der Waals surface area (Å²) in [5.74, 6) is 0.816. The number of hydrogen-bond donors (Lipinski definition) is 1. The lowest BCUT2D eigenvalue weighted by atomic mass is 10.2. The van der Waals surface area contributed by atoms with Crippen molar-refractivity contribution in [2.45, 2.75) is 39.2 Å². The van der Waals surface area contributed by atoms with E-state index in [2.05, 4.69) is 12.0 Å². The van der Waals surface area contributed by atoms with Gasteiger partial charge in [0.25, 0.3) is 0 Å². The third-order valence-corrected chi connectivity index (χ3v) is 2.24. The van der Waals surface area contributed by atoms with E-state index in [4.69, 9.17) is 10.5 Å². The van der Waals surface area contributed by atoms with E-state index >= 15 is 0 Å². The van der Waals surface area contributed by atoms with E-state index in [9.17, 15) is 0 Å². The smallest absolute Gasteiger partial charge is 0.157 e. The summed E-state index contributed by atoms with van der Waals surface area (Å²) in [5, 5.41) is 4.22. The molecule has 0 aliphatic heterocycles. The Morgan fingerprint density at radius 2 is 2.27 bits per heavy atom. The standard InChI is InChI=1S/C11H21N3O/c1-2-3-4-5-7-14-10-11(9-13-14)15-8-6-12/h9-10H,2-8,12H2,1H3. The minimum atomic E-state index is 0.543. The topological polar surface area (TPSA) is 53.1 Å². The Bertz CT molecular complexity index is 260. The van der Waals surface area contributed by atoms with E-state index in [0.29, 0.717) is 13.2 Å². The summed E-state index contributed by atoms with van der Waals surface area (Å²) in [6, 6.07) is 0. The van der Waals surface area contributed by atoms with E-state index in [1.54, 1.807) is 6.20 Å². The number of ether oxygens (including phenoxy) is 1. The molecule has 0 aliphatic carbocycles. The largest absolute Gasteiger partial charge is 0.489 e. The van der Waals surface area contributed by atoms with Crippen LogP contribution in [0.15, 0.2) is 12.4 Å². The van der Waals surface area contributed by atoms with Gasteiger partial charge in [0.15, 0.2) is 5.75 Å². The zero-order valence-corrected chi connectivity index (χ0v) is 9.48. The van der Waals surface area contributed by atoms with Crippen LogP contribution in [0.2, 0.25) is 0 Å². The minimum Gasteiger partial charge on any atom is -0.489 e. The molecule has 0 unspecified atom stereocenters. The minimum absolute atomic E-state index is 0.543. The van der Waals surface area contributed by atoms with Crippen molar-refractivity contribution in [1.82, 2.24) is 9.78 Å². The fourth-order valence-corrected chi connectivity index (χ4v) is 1.42. The molecule has 0 bridgehead atoms. The van der Waals surface area contributed by atoms with Crippen LogP contribution in [0.4, 0.5) is 0 Å². The summed E-state index contributed by atoms with van der Waals surface area (Å²) in [7, 11) is 0. The Morgan fingerprint density at radius 3 is 3.00 bits per heavy atom. The second-order valence-electron chi connectivity index (χ2n) is 3.64. The fourth-order valence-electron chi connectivity index (χ4n) is 1.42. The monoisotopic (exact) mass is 211 g/mol. The SMILES string of the molecule is CCCCCCn1cc(OCCN)cn1. The van der Waals surface area contributed by atoms with Gasteiger partial charge in [-0.05, 0) is 6.42 Å². The molecule has 0 saturated heterocycles.